The van der Waals surface area contributed by atoms with Crippen LogP contribution in [0.25, 0.3) is 0 Å². The van der Waals surface area contributed by atoms with E-state index in [0.29, 0.717) is 6.54 Å². The van der Waals surface area contributed by atoms with Crippen LogP contribution in [0.1, 0.15) is 31.9 Å². The molecule has 0 aromatic heterocycles. The molecule has 0 bridgehead atoms. The van der Waals surface area contributed by atoms with Gasteiger partial charge in [0.25, 0.3) is 0 Å². The third kappa shape index (κ3) is 3.00. The topological polar surface area (TPSA) is 46.3 Å². The number of hydrogen-bond donors (Lipinski definition) is 1. The summed E-state index contributed by atoms with van der Waals surface area (Å²) in [6, 6.07) is 5.71. The van der Waals surface area contributed by atoms with Gasteiger partial charge in [0.15, 0.2) is 0 Å². The summed E-state index contributed by atoms with van der Waals surface area (Å²) < 4.78 is 1.14. The van der Waals surface area contributed by atoms with Crippen molar-refractivity contribution in [2.24, 2.45) is 11.1 Å². The Morgan fingerprint density at radius 2 is 2.11 bits per heavy atom. The van der Waals surface area contributed by atoms with Crippen LogP contribution < -0.4 is 5.73 Å². The Morgan fingerprint density at radius 1 is 1.42 bits per heavy atom. The molecule has 1 aliphatic heterocycles. The van der Waals surface area contributed by atoms with Gasteiger partial charge in [0.2, 0.25) is 5.91 Å². The van der Waals surface area contributed by atoms with Crippen LogP contribution in [0.5, 0.6) is 0 Å². The zero-order valence-corrected chi connectivity index (χ0v) is 13.3. The van der Waals surface area contributed by atoms with Gasteiger partial charge in [-0.3, -0.25) is 4.79 Å². The van der Waals surface area contributed by atoms with Gasteiger partial charge in [-0.1, -0.05) is 48.8 Å². The number of nitrogens with two attached hydrogens (primary N) is 1. The molecule has 2 rings (SSSR count). The first kappa shape index (κ1) is 14.5. The van der Waals surface area contributed by atoms with Crippen molar-refractivity contribution in [3.05, 3.63) is 33.8 Å². The molecule has 0 saturated heterocycles. The summed E-state index contributed by atoms with van der Waals surface area (Å²) in [6.07, 6.45) is 0.888. The first-order valence-corrected chi connectivity index (χ1v) is 7.40. The number of rotatable bonds is 1. The molecule has 2 N–H and O–H groups in total. The molecular formula is C15H21BrN2O. The molecule has 1 aliphatic rings. The molecule has 0 spiro atoms. The molecule has 1 amide bonds. The number of carbonyl (C=O) groups excluding carboxylic acids is 1. The predicted octanol–water partition coefficient (Wildman–Crippen LogP) is 2.71. The second kappa shape index (κ2) is 5.25. The minimum atomic E-state index is -0.443. The fraction of sp³-hybridized carbons (Fsp3) is 0.533. The molecule has 19 heavy (non-hydrogen) atoms. The predicted molar refractivity (Wildman–Crippen MR) is 80.7 cm³/mol. The Kier molecular flexibility index (Phi) is 4.02. The van der Waals surface area contributed by atoms with Gasteiger partial charge < -0.3 is 10.6 Å². The number of nitrogens with zero attached hydrogens (tertiary/aromatic N) is 1. The fourth-order valence-electron chi connectivity index (χ4n) is 2.32. The zero-order valence-electron chi connectivity index (χ0n) is 11.7. The van der Waals surface area contributed by atoms with Crippen LogP contribution in [0, 0.1) is 5.41 Å². The first-order valence-electron chi connectivity index (χ1n) is 6.61. The van der Waals surface area contributed by atoms with Crippen molar-refractivity contribution in [1.82, 2.24) is 4.90 Å². The van der Waals surface area contributed by atoms with Gasteiger partial charge in [-0.05, 0) is 29.0 Å². The van der Waals surface area contributed by atoms with E-state index in [9.17, 15) is 4.79 Å². The van der Waals surface area contributed by atoms with Crippen LogP contribution in [0.3, 0.4) is 0 Å². The quantitative estimate of drug-likeness (QED) is 0.863. The maximum atomic E-state index is 12.4. The van der Waals surface area contributed by atoms with Gasteiger partial charge in [0, 0.05) is 17.6 Å². The second-order valence-corrected chi connectivity index (χ2v) is 7.09. The monoisotopic (exact) mass is 324 g/mol. The number of fused-ring (bicyclic) bond motifs is 1. The molecule has 0 saturated carbocycles. The largest absolute Gasteiger partial charge is 0.337 e. The van der Waals surface area contributed by atoms with Crippen LogP contribution in [-0.2, 0) is 17.8 Å². The van der Waals surface area contributed by atoms with Crippen molar-refractivity contribution in [3.63, 3.8) is 0 Å². The van der Waals surface area contributed by atoms with Crippen LogP contribution in [0.4, 0.5) is 0 Å². The Bertz CT molecular complexity index is 493. The van der Waals surface area contributed by atoms with Crippen LogP contribution in [0.15, 0.2) is 22.7 Å². The van der Waals surface area contributed by atoms with Crippen molar-refractivity contribution < 1.29 is 4.79 Å². The van der Waals surface area contributed by atoms with Crippen molar-refractivity contribution in [2.45, 2.75) is 39.8 Å². The Balaban J connectivity index is 2.17. The van der Waals surface area contributed by atoms with Crippen molar-refractivity contribution >= 4 is 21.8 Å². The van der Waals surface area contributed by atoms with Gasteiger partial charge in [0.1, 0.15) is 0 Å². The highest BCUT2D eigenvalue weighted by molar-refractivity contribution is 9.10. The van der Waals surface area contributed by atoms with E-state index in [1.807, 2.05) is 31.7 Å². The number of benzene rings is 1. The molecule has 1 aromatic carbocycles. The molecule has 0 aliphatic carbocycles. The number of carbonyl (C=O) groups is 1. The molecular weight excluding hydrogens is 304 g/mol. The molecule has 1 heterocycles. The number of halogens is 1. The highest BCUT2D eigenvalue weighted by Crippen LogP contribution is 2.28. The summed E-state index contributed by atoms with van der Waals surface area (Å²) in [5, 5.41) is 0. The average Bonchev–Trinajstić information content (AvgIpc) is 2.36. The number of hydrogen-bond acceptors (Lipinski definition) is 2. The molecule has 0 radical (unpaired) electrons. The van der Waals surface area contributed by atoms with E-state index in [1.54, 1.807) is 0 Å². The highest BCUT2D eigenvalue weighted by atomic mass is 79.9. The summed E-state index contributed by atoms with van der Waals surface area (Å²) in [5.74, 6) is 0.0538. The van der Waals surface area contributed by atoms with Crippen molar-refractivity contribution in [1.29, 1.82) is 0 Å². The highest BCUT2D eigenvalue weighted by Gasteiger charge is 2.32. The molecule has 104 valence electrons. The molecule has 3 nitrogen and oxygen atoms in total. The third-order valence-electron chi connectivity index (χ3n) is 3.72. The minimum absolute atomic E-state index is 0.0538. The molecule has 1 aromatic rings. The lowest BCUT2D eigenvalue weighted by molar-refractivity contribution is -0.135. The van der Waals surface area contributed by atoms with Crippen LogP contribution >= 0.6 is 15.9 Å². The lowest BCUT2D eigenvalue weighted by atomic mass is 9.86. The summed E-state index contributed by atoms with van der Waals surface area (Å²) >= 11 is 3.57. The van der Waals surface area contributed by atoms with Crippen LogP contribution in [0.2, 0.25) is 0 Å². The maximum Gasteiger partial charge on any atom is 0.240 e. The zero-order chi connectivity index (χ0) is 14.2. The maximum absolute atomic E-state index is 12.4. The van der Waals surface area contributed by atoms with E-state index in [4.69, 9.17) is 5.73 Å². The van der Waals surface area contributed by atoms with Gasteiger partial charge in [-0.15, -0.1) is 0 Å². The second-order valence-electron chi connectivity index (χ2n) is 6.23. The minimum Gasteiger partial charge on any atom is -0.337 e. The first-order chi connectivity index (χ1) is 8.80. The Morgan fingerprint density at radius 3 is 2.74 bits per heavy atom. The Labute approximate surface area is 123 Å². The third-order valence-corrected chi connectivity index (χ3v) is 4.46. The summed E-state index contributed by atoms with van der Waals surface area (Å²) in [5.41, 5.74) is 8.41. The fourth-order valence-corrected chi connectivity index (χ4v) is 2.92. The van der Waals surface area contributed by atoms with E-state index < -0.39 is 6.04 Å². The van der Waals surface area contributed by atoms with E-state index >= 15 is 0 Å². The summed E-state index contributed by atoms with van der Waals surface area (Å²) in [6.45, 7) is 7.42. The molecule has 0 fully saturated rings. The average molecular weight is 325 g/mol. The van der Waals surface area contributed by atoms with Gasteiger partial charge >= 0.3 is 0 Å². The van der Waals surface area contributed by atoms with E-state index in [0.717, 1.165) is 17.4 Å². The van der Waals surface area contributed by atoms with Crippen molar-refractivity contribution in [3.8, 4) is 0 Å². The standard InChI is InChI=1S/C15H21BrN2O/c1-15(2,3)13(17)14(19)18-8-7-11-10(9-18)5-4-6-12(11)16/h4-6,13H,7-9,17H2,1-3H3/t13-/m1/s1. The molecule has 4 heteroatoms. The molecule has 0 unspecified atom stereocenters. The van der Waals surface area contributed by atoms with E-state index in [-0.39, 0.29) is 11.3 Å². The Hall–Kier alpha value is -0.870. The lowest BCUT2D eigenvalue weighted by Gasteiger charge is -2.35. The van der Waals surface area contributed by atoms with E-state index in [2.05, 4.69) is 28.1 Å². The SMILES string of the molecule is CC(C)(C)[C@H](N)C(=O)N1CCc2c(Br)cccc2C1. The smallest absolute Gasteiger partial charge is 0.240 e. The van der Waals surface area contributed by atoms with Crippen LogP contribution in [-0.4, -0.2) is 23.4 Å². The van der Waals surface area contributed by atoms with Gasteiger partial charge in [0.05, 0.1) is 6.04 Å². The van der Waals surface area contributed by atoms with Gasteiger partial charge in [-0.25, -0.2) is 0 Å². The van der Waals surface area contributed by atoms with Gasteiger partial charge in [-0.2, -0.15) is 0 Å². The molecule has 1 atom stereocenters. The number of amides is 1. The summed E-state index contributed by atoms with van der Waals surface area (Å²) in [7, 11) is 0. The normalized spacial score (nSPS) is 17.0. The van der Waals surface area contributed by atoms with E-state index in [1.165, 1.54) is 11.1 Å². The summed E-state index contributed by atoms with van der Waals surface area (Å²) in [4.78, 5) is 14.3. The lowest BCUT2D eigenvalue weighted by Crippen LogP contribution is -2.51. The van der Waals surface area contributed by atoms with Crippen molar-refractivity contribution in [2.75, 3.05) is 6.54 Å².